The molecule has 2 heterocycles. The van der Waals surface area contributed by atoms with Gasteiger partial charge < -0.3 is 9.32 Å². The molecule has 0 spiro atoms. The smallest absolute Gasteiger partial charge is 0.406 e. The van der Waals surface area contributed by atoms with Crippen LogP contribution < -0.4 is 0 Å². The van der Waals surface area contributed by atoms with Gasteiger partial charge in [-0.15, -0.1) is 0 Å². The van der Waals surface area contributed by atoms with Crippen molar-refractivity contribution in [3.8, 4) is 0 Å². The molecule has 1 fully saturated rings. The molecular weight excluding hydrogens is 383 g/mol. The van der Waals surface area contributed by atoms with Gasteiger partial charge in [0, 0.05) is 32.7 Å². The Kier molecular flexibility index (Phi) is 6.97. The van der Waals surface area contributed by atoms with Gasteiger partial charge in [0.15, 0.2) is 0 Å². The molecular formula is C21H26F3N3O2. The molecule has 8 heteroatoms. The van der Waals surface area contributed by atoms with Crippen molar-refractivity contribution < 1.29 is 22.4 Å². The van der Waals surface area contributed by atoms with Crippen LogP contribution in [-0.4, -0.2) is 66.1 Å². The first kappa shape index (κ1) is 21.4. The number of furan rings is 1. The van der Waals surface area contributed by atoms with Crippen LogP contribution in [0.1, 0.15) is 16.9 Å². The fraction of sp³-hybridized carbons (Fsp3) is 0.476. The number of halogens is 3. The van der Waals surface area contributed by atoms with E-state index < -0.39 is 18.6 Å². The average molecular weight is 409 g/mol. The molecule has 0 atom stereocenters. The van der Waals surface area contributed by atoms with Gasteiger partial charge in [-0.3, -0.25) is 14.6 Å². The third kappa shape index (κ3) is 6.90. The van der Waals surface area contributed by atoms with Crippen molar-refractivity contribution in [1.29, 1.82) is 0 Å². The average Bonchev–Trinajstić information content (AvgIpc) is 3.15. The van der Waals surface area contributed by atoms with Crippen LogP contribution in [0.25, 0.3) is 0 Å². The van der Waals surface area contributed by atoms with Gasteiger partial charge in [-0.25, -0.2) is 0 Å². The molecule has 0 saturated carbocycles. The van der Waals surface area contributed by atoms with Crippen LogP contribution in [0.3, 0.4) is 0 Å². The van der Waals surface area contributed by atoms with Crippen LogP contribution in [0.5, 0.6) is 0 Å². The fourth-order valence-corrected chi connectivity index (χ4v) is 3.50. The molecule has 2 aromatic rings. The number of hydrogen-bond acceptors (Lipinski definition) is 4. The lowest BCUT2D eigenvalue weighted by molar-refractivity contribution is -0.163. The summed E-state index contributed by atoms with van der Waals surface area (Å²) < 4.78 is 43.9. The van der Waals surface area contributed by atoms with Crippen LogP contribution in [-0.2, 0) is 17.9 Å². The summed E-state index contributed by atoms with van der Waals surface area (Å²) in [4.78, 5) is 17.6. The minimum atomic E-state index is -4.45. The summed E-state index contributed by atoms with van der Waals surface area (Å²) in [7, 11) is 0. The van der Waals surface area contributed by atoms with Gasteiger partial charge in [0.1, 0.15) is 12.3 Å². The SMILES string of the molecule is Cc1cccc(CN2CCN(CC(=O)N(Cc3ccco3)CC(F)(F)F)CC2)c1. The van der Waals surface area contributed by atoms with E-state index in [-0.39, 0.29) is 13.1 Å². The maximum atomic E-state index is 12.9. The number of benzene rings is 1. The first-order valence-corrected chi connectivity index (χ1v) is 9.66. The first-order chi connectivity index (χ1) is 13.8. The standard InChI is InChI=1S/C21H26F3N3O2/c1-17-4-2-5-18(12-17)13-25-7-9-26(10-8-25)15-20(28)27(16-21(22,23)24)14-19-6-3-11-29-19/h2-6,11-12H,7-10,13-16H2,1H3. The highest BCUT2D eigenvalue weighted by Gasteiger charge is 2.34. The number of carbonyl (C=O) groups is 1. The Bertz CT molecular complexity index is 785. The molecule has 29 heavy (non-hydrogen) atoms. The van der Waals surface area contributed by atoms with Crippen molar-refractivity contribution in [1.82, 2.24) is 14.7 Å². The lowest BCUT2D eigenvalue weighted by Crippen LogP contribution is -2.50. The van der Waals surface area contributed by atoms with Gasteiger partial charge in [-0.05, 0) is 24.6 Å². The van der Waals surface area contributed by atoms with Gasteiger partial charge in [0.05, 0.1) is 19.4 Å². The summed E-state index contributed by atoms with van der Waals surface area (Å²) >= 11 is 0. The zero-order valence-electron chi connectivity index (χ0n) is 16.5. The van der Waals surface area contributed by atoms with Crippen LogP contribution in [0.15, 0.2) is 47.1 Å². The first-order valence-electron chi connectivity index (χ1n) is 9.66. The second-order valence-electron chi connectivity index (χ2n) is 7.49. The van der Waals surface area contributed by atoms with E-state index >= 15 is 0 Å². The minimum absolute atomic E-state index is 0.0188. The normalized spacial score (nSPS) is 16.1. The van der Waals surface area contributed by atoms with Crippen molar-refractivity contribution in [2.24, 2.45) is 0 Å². The maximum Gasteiger partial charge on any atom is 0.406 e. The second-order valence-corrected chi connectivity index (χ2v) is 7.49. The highest BCUT2D eigenvalue weighted by molar-refractivity contribution is 5.78. The maximum absolute atomic E-state index is 12.9. The Morgan fingerprint density at radius 1 is 1.10 bits per heavy atom. The number of hydrogen-bond donors (Lipinski definition) is 0. The summed E-state index contributed by atoms with van der Waals surface area (Å²) in [5, 5.41) is 0. The molecule has 158 valence electrons. The number of alkyl halides is 3. The van der Waals surface area contributed by atoms with E-state index in [0.29, 0.717) is 18.8 Å². The van der Waals surface area contributed by atoms with E-state index in [9.17, 15) is 18.0 Å². The number of carbonyl (C=O) groups excluding carboxylic acids is 1. The number of aryl methyl sites for hydroxylation is 1. The Balaban J connectivity index is 1.51. The van der Waals surface area contributed by atoms with E-state index in [1.165, 1.54) is 17.4 Å². The van der Waals surface area contributed by atoms with Gasteiger partial charge in [-0.2, -0.15) is 13.2 Å². The van der Waals surface area contributed by atoms with E-state index in [4.69, 9.17) is 4.42 Å². The third-order valence-corrected chi connectivity index (χ3v) is 4.96. The van der Waals surface area contributed by atoms with Crippen LogP contribution in [0, 0.1) is 6.92 Å². The molecule has 5 nitrogen and oxygen atoms in total. The predicted molar refractivity (Wildman–Crippen MR) is 103 cm³/mol. The molecule has 1 aliphatic heterocycles. The highest BCUT2D eigenvalue weighted by atomic mass is 19.4. The molecule has 1 amide bonds. The van der Waals surface area contributed by atoms with Crippen LogP contribution in [0.4, 0.5) is 13.2 Å². The van der Waals surface area contributed by atoms with Crippen molar-refractivity contribution in [3.63, 3.8) is 0 Å². The summed E-state index contributed by atoms with van der Waals surface area (Å²) in [5.41, 5.74) is 2.46. The largest absolute Gasteiger partial charge is 0.467 e. The van der Waals surface area contributed by atoms with Gasteiger partial charge in [-0.1, -0.05) is 29.8 Å². The van der Waals surface area contributed by atoms with Crippen molar-refractivity contribution in [2.45, 2.75) is 26.2 Å². The van der Waals surface area contributed by atoms with Crippen molar-refractivity contribution in [3.05, 3.63) is 59.5 Å². The number of piperazine rings is 1. The zero-order chi connectivity index (χ0) is 20.9. The molecule has 0 aliphatic carbocycles. The molecule has 1 aliphatic rings. The van der Waals surface area contributed by atoms with E-state index in [1.54, 1.807) is 12.1 Å². The molecule has 0 unspecified atom stereocenters. The Morgan fingerprint density at radius 3 is 2.45 bits per heavy atom. The quantitative estimate of drug-likeness (QED) is 0.704. The fourth-order valence-electron chi connectivity index (χ4n) is 3.50. The number of nitrogens with zero attached hydrogens (tertiary/aromatic N) is 3. The number of amides is 1. The van der Waals surface area contributed by atoms with Crippen molar-refractivity contribution >= 4 is 5.91 Å². The molecule has 0 N–H and O–H groups in total. The molecule has 3 rings (SSSR count). The van der Waals surface area contributed by atoms with E-state index in [2.05, 4.69) is 30.0 Å². The second kappa shape index (κ2) is 9.45. The Hall–Kier alpha value is -2.32. The Labute approximate surface area is 168 Å². The highest BCUT2D eigenvalue weighted by Crippen LogP contribution is 2.19. The van der Waals surface area contributed by atoms with Gasteiger partial charge in [0.2, 0.25) is 5.91 Å². The van der Waals surface area contributed by atoms with Crippen LogP contribution >= 0.6 is 0 Å². The molecule has 1 saturated heterocycles. The topological polar surface area (TPSA) is 39.9 Å². The summed E-state index contributed by atoms with van der Waals surface area (Å²) in [6.07, 6.45) is -3.06. The van der Waals surface area contributed by atoms with Gasteiger partial charge in [0.25, 0.3) is 0 Å². The summed E-state index contributed by atoms with van der Waals surface area (Å²) in [6, 6.07) is 11.5. The summed E-state index contributed by atoms with van der Waals surface area (Å²) in [6.45, 7) is 4.27. The lowest BCUT2D eigenvalue weighted by Gasteiger charge is -2.35. The van der Waals surface area contributed by atoms with Gasteiger partial charge >= 0.3 is 6.18 Å². The molecule has 0 radical (unpaired) electrons. The Morgan fingerprint density at radius 2 is 1.83 bits per heavy atom. The molecule has 1 aromatic carbocycles. The minimum Gasteiger partial charge on any atom is -0.467 e. The van der Waals surface area contributed by atoms with E-state index in [0.717, 1.165) is 24.5 Å². The lowest BCUT2D eigenvalue weighted by atomic mass is 10.1. The zero-order valence-corrected chi connectivity index (χ0v) is 16.5. The number of rotatable bonds is 7. The van der Waals surface area contributed by atoms with E-state index in [1.807, 2.05) is 11.0 Å². The van der Waals surface area contributed by atoms with Crippen molar-refractivity contribution in [2.75, 3.05) is 39.3 Å². The predicted octanol–water partition coefficient (Wildman–Crippen LogP) is 3.30. The molecule has 1 aromatic heterocycles. The van der Waals surface area contributed by atoms with Crippen LogP contribution in [0.2, 0.25) is 0 Å². The third-order valence-electron chi connectivity index (χ3n) is 4.96. The monoisotopic (exact) mass is 409 g/mol. The molecule has 0 bridgehead atoms. The summed E-state index contributed by atoms with van der Waals surface area (Å²) in [5.74, 6) is -0.198.